The van der Waals surface area contributed by atoms with E-state index in [0.717, 1.165) is 22.3 Å². The molecule has 1 aromatic carbocycles. The van der Waals surface area contributed by atoms with E-state index in [2.05, 4.69) is 0 Å². The number of ether oxygens (including phenoxy) is 1. The number of aromatic nitrogens is 1. The molecule has 0 unspecified atom stereocenters. The molecule has 0 saturated heterocycles. The fourth-order valence-electron chi connectivity index (χ4n) is 2.86. The molecule has 4 heteroatoms. The molecule has 1 fully saturated rings. The van der Waals surface area contributed by atoms with Gasteiger partial charge in [-0.25, -0.2) is 0 Å². The van der Waals surface area contributed by atoms with Gasteiger partial charge >= 0.3 is 0 Å². The number of anilines is 1. The van der Waals surface area contributed by atoms with Crippen LogP contribution in [-0.4, -0.2) is 12.1 Å². The van der Waals surface area contributed by atoms with Crippen molar-refractivity contribution in [3.63, 3.8) is 0 Å². The molecule has 1 aromatic heterocycles. The van der Waals surface area contributed by atoms with Crippen molar-refractivity contribution < 1.29 is 4.74 Å². The molecule has 0 spiro atoms. The SMILES string of the molecule is COc1cc2nc(C3CCCC3)cc(N)c2cc1Cl. The van der Waals surface area contributed by atoms with Gasteiger partial charge in [0.25, 0.3) is 0 Å². The summed E-state index contributed by atoms with van der Waals surface area (Å²) >= 11 is 6.13. The van der Waals surface area contributed by atoms with Crippen molar-refractivity contribution in [1.82, 2.24) is 4.98 Å². The molecule has 2 N–H and O–H groups in total. The lowest BCUT2D eigenvalue weighted by Gasteiger charge is -2.13. The zero-order valence-corrected chi connectivity index (χ0v) is 11.7. The molecule has 2 aromatic rings. The van der Waals surface area contributed by atoms with Gasteiger partial charge < -0.3 is 10.5 Å². The van der Waals surface area contributed by atoms with E-state index in [9.17, 15) is 0 Å². The second kappa shape index (κ2) is 4.89. The average molecular weight is 277 g/mol. The van der Waals surface area contributed by atoms with Crippen molar-refractivity contribution in [2.75, 3.05) is 12.8 Å². The molecule has 0 radical (unpaired) electrons. The quantitative estimate of drug-likeness (QED) is 0.897. The largest absolute Gasteiger partial charge is 0.495 e. The monoisotopic (exact) mass is 276 g/mol. The third-order valence-corrected chi connectivity index (χ3v) is 4.20. The Bertz CT molecular complexity index is 621. The molecule has 3 nitrogen and oxygen atoms in total. The second-order valence-corrected chi connectivity index (χ2v) is 5.53. The lowest BCUT2D eigenvalue weighted by molar-refractivity contribution is 0.415. The number of pyridine rings is 1. The Labute approximate surface area is 117 Å². The minimum atomic E-state index is 0.549. The smallest absolute Gasteiger partial charge is 0.139 e. The predicted molar refractivity (Wildman–Crippen MR) is 78.9 cm³/mol. The van der Waals surface area contributed by atoms with Gasteiger partial charge in [0.05, 0.1) is 17.6 Å². The summed E-state index contributed by atoms with van der Waals surface area (Å²) < 4.78 is 5.25. The van der Waals surface area contributed by atoms with Crippen LogP contribution in [0.4, 0.5) is 5.69 Å². The Balaban J connectivity index is 2.15. The van der Waals surface area contributed by atoms with Gasteiger partial charge in [-0.2, -0.15) is 0 Å². The maximum atomic E-state index is 6.15. The van der Waals surface area contributed by atoms with Crippen LogP contribution < -0.4 is 10.5 Å². The van der Waals surface area contributed by atoms with Crippen molar-refractivity contribution in [3.8, 4) is 5.75 Å². The lowest BCUT2D eigenvalue weighted by atomic mass is 10.0. The average Bonchev–Trinajstić information content (AvgIpc) is 2.92. The van der Waals surface area contributed by atoms with Gasteiger partial charge in [-0.15, -0.1) is 0 Å². The normalized spacial score (nSPS) is 16.1. The van der Waals surface area contributed by atoms with Crippen molar-refractivity contribution in [1.29, 1.82) is 0 Å². The van der Waals surface area contributed by atoms with E-state index in [0.29, 0.717) is 16.7 Å². The molecular weight excluding hydrogens is 260 g/mol. The molecule has 1 aliphatic carbocycles. The highest BCUT2D eigenvalue weighted by Crippen LogP contribution is 2.37. The first-order valence-electron chi connectivity index (χ1n) is 6.62. The maximum absolute atomic E-state index is 6.15. The molecule has 1 aliphatic rings. The highest BCUT2D eigenvalue weighted by atomic mass is 35.5. The van der Waals surface area contributed by atoms with E-state index >= 15 is 0 Å². The molecular formula is C15H17ClN2O. The minimum absolute atomic E-state index is 0.549. The van der Waals surface area contributed by atoms with Gasteiger partial charge in [-0.3, -0.25) is 4.98 Å². The third kappa shape index (κ3) is 2.23. The zero-order chi connectivity index (χ0) is 13.4. The molecule has 0 atom stereocenters. The van der Waals surface area contributed by atoms with Crippen LogP contribution in [-0.2, 0) is 0 Å². The van der Waals surface area contributed by atoms with Gasteiger partial charge in [0.15, 0.2) is 0 Å². The first-order valence-corrected chi connectivity index (χ1v) is 7.00. The number of halogens is 1. The molecule has 1 heterocycles. The van der Waals surface area contributed by atoms with Crippen LogP contribution in [0.1, 0.15) is 37.3 Å². The number of fused-ring (bicyclic) bond motifs is 1. The van der Waals surface area contributed by atoms with E-state index in [1.807, 2.05) is 18.2 Å². The number of rotatable bonds is 2. The Morgan fingerprint density at radius 1 is 1.26 bits per heavy atom. The highest BCUT2D eigenvalue weighted by molar-refractivity contribution is 6.33. The number of methoxy groups -OCH3 is 1. The Kier molecular flexibility index (Phi) is 3.23. The molecule has 100 valence electrons. The number of nitrogens with two attached hydrogens (primary N) is 1. The first-order chi connectivity index (χ1) is 9.19. The summed E-state index contributed by atoms with van der Waals surface area (Å²) in [7, 11) is 1.61. The summed E-state index contributed by atoms with van der Waals surface area (Å²) in [4.78, 5) is 4.75. The molecule has 0 aliphatic heterocycles. The van der Waals surface area contributed by atoms with E-state index in [1.165, 1.54) is 25.7 Å². The van der Waals surface area contributed by atoms with Crippen LogP contribution in [0, 0.1) is 0 Å². The summed E-state index contributed by atoms with van der Waals surface area (Å²) in [6.07, 6.45) is 4.99. The molecule has 19 heavy (non-hydrogen) atoms. The third-order valence-electron chi connectivity index (χ3n) is 3.91. The summed E-state index contributed by atoms with van der Waals surface area (Å²) in [5, 5.41) is 1.46. The fraction of sp³-hybridized carbons (Fsp3) is 0.400. The molecule has 0 amide bonds. The number of hydrogen-bond acceptors (Lipinski definition) is 3. The molecule has 0 bridgehead atoms. The predicted octanol–water partition coefficient (Wildman–Crippen LogP) is 4.14. The van der Waals surface area contributed by atoms with Crippen LogP contribution in [0.2, 0.25) is 5.02 Å². The van der Waals surface area contributed by atoms with Crippen LogP contribution >= 0.6 is 11.6 Å². The summed E-state index contributed by atoms with van der Waals surface area (Å²) in [5.74, 6) is 1.19. The van der Waals surface area contributed by atoms with E-state index < -0.39 is 0 Å². The minimum Gasteiger partial charge on any atom is -0.495 e. The summed E-state index contributed by atoms with van der Waals surface area (Å²) in [6.45, 7) is 0. The number of hydrogen-bond donors (Lipinski definition) is 1. The van der Waals surface area contributed by atoms with E-state index in [4.69, 9.17) is 27.1 Å². The Hall–Kier alpha value is -1.48. The van der Waals surface area contributed by atoms with Gasteiger partial charge in [0, 0.05) is 28.8 Å². The number of nitrogen functional groups attached to an aromatic ring is 1. The molecule has 1 saturated carbocycles. The first kappa shape index (κ1) is 12.5. The van der Waals surface area contributed by atoms with E-state index in [-0.39, 0.29) is 0 Å². The summed E-state index contributed by atoms with van der Waals surface area (Å²) in [6, 6.07) is 5.70. The van der Waals surface area contributed by atoms with Crippen molar-refractivity contribution >= 4 is 28.2 Å². The summed E-state index contributed by atoms with van der Waals surface area (Å²) in [5.41, 5.74) is 8.86. The van der Waals surface area contributed by atoms with Crippen LogP contribution in [0.3, 0.4) is 0 Å². The Morgan fingerprint density at radius 2 is 2.00 bits per heavy atom. The second-order valence-electron chi connectivity index (χ2n) is 5.12. The number of benzene rings is 1. The van der Waals surface area contributed by atoms with Gasteiger partial charge in [-0.05, 0) is 25.0 Å². The lowest BCUT2D eigenvalue weighted by Crippen LogP contribution is -2.00. The van der Waals surface area contributed by atoms with Gasteiger partial charge in [-0.1, -0.05) is 24.4 Å². The van der Waals surface area contributed by atoms with Gasteiger partial charge in [0.2, 0.25) is 0 Å². The van der Waals surface area contributed by atoms with Crippen molar-refractivity contribution in [2.24, 2.45) is 0 Å². The van der Waals surface area contributed by atoms with Crippen molar-refractivity contribution in [2.45, 2.75) is 31.6 Å². The molecule has 3 rings (SSSR count). The van der Waals surface area contributed by atoms with Crippen LogP contribution in [0.25, 0.3) is 10.9 Å². The zero-order valence-electron chi connectivity index (χ0n) is 10.9. The van der Waals surface area contributed by atoms with Crippen LogP contribution in [0.5, 0.6) is 5.75 Å². The topological polar surface area (TPSA) is 48.1 Å². The number of nitrogens with zero attached hydrogens (tertiary/aromatic N) is 1. The fourth-order valence-corrected chi connectivity index (χ4v) is 3.10. The van der Waals surface area contributed by atoms with Gasteiger partial charge in [0.1, 0.15) is 5.75 Å². The standard InChI is InChI=1S/C15H17ClN2O/c1-19-15-8-14-10(6-11(15)16)12(17)7-13(18-14)9-4-2-3-5-9/h6-9H,2-5H2,1H3,(H2,17,18). The maximum Gasteiger partial charge on any atom is 0.139 e. The van der Waals surface area contributed by atoms with Crippen LogP contribution in [0.15, 0.2) is 18.2 Å². The highest BCUT2D eigenvalue weighted by Gasteiger charge is 2.20. The van der Waals surface area contributed by atoms with E-state index in [1.54, 1.807) is 7.11 Å². The van der Waals surface area contributed by atoms with Crippen molar-refractivity contribution in [3.05, 3.63) is 28.9 Å². The Morgan fingerprint density at radius 3 is 2.68 bits per heavy atom.